The second kappa shape index (κ2) is 6.56. The predicted octanol–water partition coefficient (Wildman–Crippen LogP) is 0.264. The van der Waals surface area contributed by atoms with Crippen molar-refractivity contribution in [1.29, 1.82) is 0 Å². The van der Waals surface area contributed by atoms with Crippen LogP contribution < -0.4 is 0 Å². The summed E-state index contributed by atoms with van der Waals surface area (Å²) >= 11 is 0. The molecule has 0 bridgehead atoms. The highest BCUT2D eigenvalue weighted by Gasteiger charge is 2.25. The second-order valence-electron chi connectivity index (χ2n) is 5.74. The van der Waals surface area contributed by atoms with Crippen molar-refractivity contribution in [3.8, 4) is 0 Å². The van der Waals surface area contributed by atoms with Crippen molar-refractivity contribution >= 4 is 5.91 Å². The van der Waals surface area contributed by atoms with Crippen molar-refractivity contribution in [2.45, 2.75) is 19.1 Å². The Balaban J connectivity index is 1.57. The zero-order chi connectivity index (χ0) is 14.7. The van der Waals surface area contributed by atoms with Gasteiger partial charge in [-0.15, -0.1) is 0 Å². The fraction of sp³-hybridized carbons (Fsp3) is 0.562. The molecule has 0 aromatic heterocycles. The molecule has 5 heteroatoms. The highest BCUT2D eigenvalue weighted by Crippen LogP contribution is 2.18. The molecule has 1 aromatic carbocycles. The molecule has 0 saturated carbocycles. The molecule has 5 nitrogen and oxygen atoms in total. The summed E-state index contributed by atoms with van der Waals surface area (Å²) in [5, 5.41) is 9.15. The summed E-state index contributed by atoms with van der Waals surface area (Å²) in [5.74, 6) is 0.170. The Kier molecular flexibility index (Phi) is 4.53. The number of hydrogen-bond acceptors (Lipinski definition) is 4. The van der Waals surface area contributed by atoms with Gasteiger partial charge >= 0.3 is 0 Å². The molecule has 2 heterocycles. The van der Waals surface area contributed by atoms with E-state index >= 15 is 0 Å². The fourth-order valence-electron chi connectivity index (χ4n) is 3.03. The van der Waals surface area contributed by atoms with Crippen molar-refractivity contribution < 1.29 is 14.6 Å². The van der Waals surface area contributed by atoms with E-state index in [9.17, 15) is 4.79 Å². The van der Waals surface area contributed by atoms with Crippen LogP contribution in [0, 0.1) is 0 Å². The van der Waals surface area contributed by atoms with Crippen molar-refractivity contribution in [2.75, 3.05) is 39.4 Å². The molecule has 1 unspecified atom stereocenters. The number of benzene rings is 1. The first-order valence-corrected chi connectivity index (χ1v) is 7.55. The van der Waals surface area contributed by atoms with Crippen LogP contribution in [0.25, 0.3) is 0 Å². The van der Waals surface area contributed by atoms with E-state index in [2.05, 4.69) is 23.1 Å². The van der Waals surface area contributed by atoms with Crippen molar-refractivity contribution in [3.05, 3.63) is 35.4 Å². The Bertz CT molecular complexity index is 506. The average molecular weight is 290 g/mol. The third-order valence-electron chi connectivity index (χ3n) is 4.27. The summed E-state index contributed by atoms with van der Waals surface area (Å²) in [4.78, 5) is 16.5. The molecule has 1 amide bonds. The normalized spacial score (nSPS) is 22.9. The van der Waals surface area contributed by atoms with E-state index in [1.165, 1.54) is 11.1 Å². The van der Waals surface area contributed by atoms with Crippen LogP contribution in [0.3, 0.4) is 0 Å². The van der Waals surface area contributed by atoms with Crippen LogP contribution in [0.1, 0.15) is 11.1 Å². The molecule has 2 aliphatic rings. The van der Waals surface area contributed by atoms with Crippen LogP contribution in [-0.2, 0) is 22.5 Å². The maximum absolute atomic E-state index is 12.5. The number of carbonyl (C=O) groups is 1. The summed E-state index contributed by atoms with van der Waals surface area (Å²) in [7, 11) is 0. The van der Waals surface area contributed by atoms with Gasteiger partial charge in [0, 0.05) is 26.2 Å². The molecule has 1 atom stereocenters. The average Bonchev–Trinajstić information content (AvgIpc) is 2.54. The summed E-state index contributed by atoms with van der Waals surface area (Å²) in [6.45, 7) is 3.91. The predicted molar refractivity (Wildman–Crippen MR) is 78.8 cm³/mol. The van der Waals surface area contributed by atoms with Crippen LogP contribution in [0.2, 0.25) is 0 Å². The maximum Gasteiger partial charge on any atom is 0.237 e. The summed E-state index contributed by atoms with van der Waals surface area (Å²) in [6.07, 6.45) is 0.776. The second-order valence-corrected chi connectivity index (χ2v) is 5.74. The number of aliphatic hydroxyl groups excluding tert-OH is 1. The van der Waals surface area contributed by atoms with Crippen LogP contribution in [0.5, 0.6) is 0 Å². The zero-order valence-corrected chi connectivity index (χ0v) is 12.2. The highest BCUT2D eigenvalue weighted by atomic mass is 16.5. The molecule has 3 rings (SSSR count). The van der Waals surface area contributed by atoms with Gasteiger partial charge in [-0.05, 0) is 17.5 Å². The Labute approximate surface area is 125 Å². The largest absolute Gasteiger partial charge is 0.394 e. The van der Waals surface area contributed by atoms with E-state index in [1.54, 1.807) is 0 Å². The van der Waals surface area contributed by atoms with E-state index in [0.717, 1.165) is 19.5 Å². The van der Waals surface area contributed by atoms with E-state index < -0.39 is 0 Å². The van der Waals surface area contributed by atoms with Gasteiger partial charge in [0.1, 0.15) is 0 Å². The van der Waals surface area contributed by atoms with Gasteiger partial charge in [-0.25, -0.2) is 0 Å². The van der Waals surface area contributed by atoms with E-state index in [0.29, 0.717) is 26.2 Å². The van der Waals surface area contributed by atoms with Gasteiger partial charge in [0.2, 0.25) is 5.91 Å². The number of carbonyl (C=O) groups excluding carboxylic acids is 1. The third-order valence-corrected chi connectivity index (χ3v) is 4.27. The van der Waals surface area contributed by atoms with Gasteiger partial charge in [-0.1, -0.05) is 24.3 Å². The lowest BCUT2D eigenvalue weighted by Gasteiger charge is -2.34. The molecule has 1 N–H and O–H groups in total. The van der Waals surface area contributed by atoms with Gasteiger partial charge in [0.25, 0.3) is 0 Å². The molecule has 0 radical (unpaired) electrons. The number of aliphatic hydroxyl groups is 1. The van der Waals surface area contributed by atoms with E-state index in [4.69, 9.17) is 9.84 Å². The molecule has 2 aliphatic heterocycles. The highest BCUT2D eigenvalue weighted by molar-refractivity contribution is 5.78. The van der Waals surface area contributed by atoms with Crippen molar-refractivity contribution in [2.24, 2.45) is 0 Å². The van der Waals surface area contributed by atoms with Crippen LogP contribution in [0.4, 0.5) is 0 Å². The minimum absolute atomic E-state index is 0.0157. The summed E-state index contributed by atoms with van der Waals surface area (Å²) < 4.78 is 5.41. The van der Waals surface area contributed by atoms with Crippen LogP contribution in [0.15, 0.2) is 24.3 Å². The number of morpholine rings is 1. The molecular formula is C16H22N2O3. The van der Waals surface area contributed by atoms with Gasteiger partial charge in [-0.3, -0.25) is 9.69 Å². The lowest BCUT2D eigenvalue weighted by molar-refractivity contribution is -0.135. The number of ether oxygens (including phenoxy) is 1. The first-order valence-electron chi connectivity index (χ1n) is 7.55. The molecule has 114 valence electrons. The lowest BCUT2D eigenvalue weighted by Crippen LogP contribution is -2.49. The molecule has 21 heavy (non-hydrogen) atoms. The molecule has 0 spiro atoms. The molecule has 1 saturated heterocycles. The number of nitrogens with zero attached hydrogens (tertiary/aromatic N) is 2. The Morgan fingerprint density at radius 1 is 1.29 bits per heavy atom. The number of hydrogen-bond donors (Lipinski definition) is 1. The number of fused-ring (bicyclic) bond motifs is 1. The molecule has 1 aromatic rings. The minimum atomic E-state index is -0.159. The minimum Gasteiger partial charge on any atom is -0.394 e. The Hall–Kier alpha value is -1.43. The van der Waals surface area contributed by atoms with Crippen LogP contribution in [-0.4, -0.2) is 66.3 Å². The standard InChI is InChI=1S/C16H22N2O3/c19-12-15-10-17(7-8-21-15)11-16(20)18-6-5-13-3-1-2-4-14(13)9-18/h1-4,15,19H,5-12H2. The summed E-state index contributed by atoms with van der Waals surface area (Å²) in [5.41, 5.74) is 2.61. The van der Waals surface area contributed by atoms with Crippen molar-refractivity contribution in [1.82, 2.24) is 9.80 Å². The topological polar surface area (TPSA) is 53.0 Å². The Morgan fingerprint density at radius 2 is 2.10 bits per heavy atom. The third kappa shape index (κ3) is 3.43. The van der Waals surface area contributed by atoms with E-state index in [-0.39, 0.29) is 18.6 Å². The molecule has 0 aliphatic carbocycles. The first kappa shape index (κ1) is 14.5. The van der Waals surface area contributed by atoms with E-state index in [1.807, 2.05) is 11.0 Å². The van der Waals surface area contributed by atoms with Crippen molar-refractivity contribution in [3.63, 3.8) is 0 Å². The van der Waals surface area contributed by atoms with Gasteiger partial charge in [-0.2, -0.15) is 0 Å². The van der Waals surface area contributed by atoms with Crippen LogP contribution >= 0.6 is 0 Å². The van der Waals surface area contributed by atoms with Gasteiger partial charge < -0.3 is 14.7 Å². The maximum atomic E-state index is 12.5. The van der Waals surface area contributed by atoms with Gasteiger partial charge in [0.05, 0.1) is 25.9 Å². The zero-order valence-electron chi connectivity index (χ0n) is 12.2. The Morgan fingerprint density at radius 3 is 2.90 bits per heavy atom. The number of rotatable bonds is 3. The fourth-order valence-corrected chi connectivity index (χ4v) is 3.03. The van der Waals surface area contributed by atoms with Gasteiger partial charge in [0.15, 0.2) is 0 Å². The smallest absolute Gasteiger partial charge is 0.237 e. The number of amides is 1. The monoisotopic (exact) mass is 290 g/mol. The summed E-state index contributed by atoms with van der Waals surface area (Å²) in [6, 6.07) is 8.33. The molecule has 1 fully saturated rings. The first-order chi connectivity index (χ1) is 10.3. The molecular weight excluding hydrogens is 268 g/mol. The quantitative estimate of drug-likeness (QED) is 0.868. The SMILES string of the molecule is O=C(CN1CCOC(CO)C1)N1CCc2ccccc2C1. The lowest BCUT2D eigenvalue weighted by atomic mass is 10.00.